The van der Waals surface area contributed by atoms with Gasteiger partial charge in [-0.1, -0.05) is 35.5 Å². The van der Waals surface area contributed by atoms with Crippen molar-refractivity contribution in [2.24, 2.45) is 0 Å². The second-order valence-electron chi connectivity index (χ2n) is 5.09. The van der Waals surface area contributed by atoms with Gasteiger partial charge in [0.25, 0.3) is 0 Å². The maximum absolute atomic E-state index is 11.9. The van der Waals surface area contributed by atoms with Gasteiger partial charge < -0.3 is 9.84 Å². The number of aryl methyl sites for hydroxylation is 2. The number of hydrogen-bond donors (Lipinski definition) is 1. The Kier molecular flexibility index (Phi) is 4.77. The fourth-order valence-electron chi connectivity index (χ4n) is 2.06. The van der Waals surface area contributed by atoms with Crippen molar-refractivity contribution in [1.29, 1.82) is 0 Å². The van der Waals surface area contributed by atoms with Gasteiger partial charge in [0.2, 0.25) is 11.8 Å². The predicted octanol–water partition coefficient (Wildman–Crippen LogP) is 3.00. The minimum atomic E-state index is -0.109. The fourth-order valence-corrected chi connectivity index (χ4v) is 2.74. The molecule has 0 atom stereocenters. The number of benzene rings is 1. The van der Waals surface area contributed by atoms with E-state index in [1.54, 1.807) is 6.20 Å². The third kappa shape index (κ3) is 4.46. The van der Waals surface area contributed by atoms with Crippen LogP contribution in [0.2, 0.25) is 0 Å². The van der Waals surface area contributed by atoms with Gasteiger partial charge in [0.1, 0.15) is 0 Å². The molecule has 0 fully saturated rings. The van der Waals surface area contributed by atoms with Crippen LogP contribution in [0.15, 0.2) is 41.1 Å². The highest BCUT2D eigenvalue weighted by molar-refractivity contribution is 7.15. The summed E-state index contributed by atoms with van der Waals surface area (Å²) < 4.78 is 5.19. The Morgan fingerprint density at radius 1 is 1.30 bits per heavy atom. The van der Waals surface area contributed by atoms with E-state index in [1.807, 2.05) is 37.3 Å². The Balaban J connectivity index is 1.50. The molecular weight excluding hydrogens is 312 g/mol. The minimum absolute atomic E-state index is 0.109. The molecule has 2 aromatic heterocycles. The molecule has 0 bridgehead atoms. The third-order valence-electron chi connectivity index (χ3n) is 3.15. The van der Waals surface area contributed by atoms with Gasteiger partial charge in [-0.2, -0.15) is 4.98 Å². The first-order chi connectivity index (χ1) is 11.2. The Hall–Kier alpha value is -2.54. The first-order valence-corrected chi connectivity index (χ1v) is 8.08. The summed E-state index contributed by atoms with van der Waals surface area (Å²) in [6.45, 7) is 1.94. The Morgan fingerprint density at radius 2 is 2.13 bits per heavy atom. The van der Waals surface area contributed by atoms with Crippen molar-refractivity contribution in [2.75, 3.05) is 5.32 Å². The largest absolute Gasteiger partial charge is 0.339 e. The molecular formula is C16H16N4O2S. The Labute approximate surface area is 137 Å². The summed E-state index contributed by atoms with van der Waals surface area (Å²) in [6, 6.07) is 9.94. The van der Waals surface area contributed by atoms with Crippen LogP contribution in [0.1, 0.15) is 28.6 Å². The van der Waals surface area contributed by atoms with E-state index in [0.717, 1.165) is 10.4 Å². The number of carbonyl (C=O) groups is 1. The fraction of sp³-hybridized carbons (Fsp3) is 0.250. The zero-order valence-corrected chi connectivity index (χ0v) is 13.5. The van der Waals surface area contributed by atoms with Crippen LogP contribution in [-0.4, -0.2) is 21.0 Å². The lowest BCUT2D eigenvalue weighted by Crippen LogP contribution is -2.12. The second-order valence-corrected chi connectivity index (χ2v) is 6.33. The van der Waals surface area contributed by atoms with Gasteiger partial charge in [-0.25, -0.2) is 4.98 Å². The highest BCUT2D eigenvalue weighted by atomic mass is 32.1. The summed E-state index contributed by atoms with van der Waals surface area (Å²) in [5.74, 6) is 0.991. The van der Waals surface area contributed by atoms with Crippen LogP contribution in [0.3, 0.4) is 0 Å². The SMILES string of the molecule is Cc1cnc(NC(=O)CCc2nc(Cc3ccccc3)no2)s1. The number of thiazole rings is 1. The van der Waals surface area contributed by atoms with Crippen molar-refractivity contribution >= 4 is 22.4 Å². The van der Waals surface area contributed by atoms with Crippen molar-refractivity contribution in [3.8, 4) is 0 Å². The zero-order chi connectivity index (χ0) is 16.1. The summed E-state index contributed by atoms with van der Waals surface area (Å²) in [7, 11) is 0. The average Bonchev–Trinajstić information content (AvgIpc) is 3.15. The summed E-state index contributed by atoms with van der Waals surface area (Å²) in [5.41, 5.74) is 1.12. The number of aromatic nitrogens is 3. The number of rotatable bonds is 6. The Bertz CT molecular complexity index is 782. The standard InChI is InChI=1S/C16H16N4O2S/c1-11-10-17-16(23-11)19-14(21)7-8-15-18-13(20-22-15)9-12-5-3-2-4-6-12/h2-6,10H,7-9H2,1H3,(H,17,19,21). The van der Waals surface area contributed by atoms with Crippen molar-refractivity contribution in [1.82, 2.24) is 15.1 Å². The number of nitrogens with zero attached hydrogens (tertiary/aromatic N) is 3. The van der Waals surface area contributed by atoms with E-state index in [4.69, 9.17) is 4.52 Å². The minimum Gasteiger partial charge on any atom is -0.339 e. The van der Waals surface area contributed by atoms with Crippen LogP contribution < -0.4 is 5.32 Å². The molecule has 0 saturated carbocycles. The maximum Gasteiger partial charge on any atom is 0.227 e. The molecule has 6 nitrogen and oxygen atoms in total. The van der Waals surface area contributed by atoms with E-state index in [9.17, 15) is 4.79 Å². The monoisotopic (exact) mass is 328 g/mol. The summed E-state index contributed by atoms with van der Waals surface area (Å²) >= 11 is 1.45. The summed E-state index contributed by atoms with van der Waals surface area (Å²) in [6.07, 6.45) is 3.05. The first-order valence-electron chi connectivity index (χ1n) is 7.27. The topological polar surface area (TPSA) is 80.9 Å². The highest BCUT2D eigenvalue weighted by Gasteiger charge is 2.11. The molecule has 1 amide bonds. The zero-order valence-electron chi connectivity index (χ0n) is 12.7. The molecule has 23 heavy (non-hydrogen) atoms. The highest BCUT2D eigenvalue weighted by Crippen LogP contribution is 2.16. The number of amides is 1. The lowest BCUT2D eigenvalue weighted by atomic mass is 10.1. The molecule has 2 heterocycles. The van der Waals surface area contributed by atoms with Crippen LogP contribution in [0.5, 0.6) is 0 Å². The van der Waals surface area contributed by atoms with Crippen LogP contribution in [0, 0.1) is 6.92 Å². The molecule has 1 N–H and O–H groups in total. The quantitative estimate of drug-likeness (QED) is 0.752. The van der Waals surface area contributed by atoms with Crippen molar-refractivity contribution in [3.05, 3.63) is 58.7 Å². The molecule has 1 aromatic carbocycles. The van der Waals surface area contributed by atoms with Crippen LogP contribution in [0.25, 0.3) is 0 Å². The molecule has 0 saturated heterocycles. The molecule has 118 valence electrons. The van der Waals surface area contributed by atoms with E-state index in [1.165, 1.54) is 11.3 Å². The predicted molar refractivity (Wildman–Crippen MR) is 87.3 cm³/mol. The van der Waals surface area contributed by atoms with Crippen LogP contribution in [0.4, 0.5) is 5.13 Å². The summed E-state index contributed by atoms with van der Waals surface area (Å²) in [4.78, 5) is 21.3. The van der Waals surface area contributed by atoms with Crippen LogP contribution in [-0.2, 0) is 17.6 Å². The average molecular weight is 328 g/mol. The summed E-state index contributed by atoms with van der Waals surface area (Å²) in [5, 5.41) is 7.32. The van der Waals surface area contributed by atoms with E-state index in [0.29, 0.717) is 29.7 Å². The van der Waals surface area contributed by atoms with Gasteiger partial charge in [0.15, 0.2) is 11.0 Å². The molecule has 0 aliphatic carbocycles. The van der Waals surface area contributed by atoms with Gasteiger partial charge in [-0.3, -0.25) is 4.79 Å². The molecule has 7 heteroatoms. The molecule has 3 aromatic rings. The normalized spacial score (nSPS) is 10.7. The lowest BCUT2D eigenvalue weighted by molar-refractivity contribution is -0.116. The van der Waals surface area contributed by atoms with Gasteiger partial charge >= 0.3 is 0 Å². The van der Waals surface area contributed by atoms with Crippen molar-refractivity contribution < 1.29 is 9.32 Å². The molecule has 3 rings (SSSR count). The molecule has 0 aliphatic heterocycles. The molecule has 0 aliphatic rings. The number of carbonyl (C=O) groups excluding carboxylic acids is 1. The second kappa shape index (κ2) is 7.15. The molecule has 0 unspecified atom stereocenters. The maximum atomic E-state index is 11.9. The number of anilines is 1. The number of nitrogens with one attached hydrogen (secondary N) is 1. The van der Waals surface area contributed by atoms with Crippen molar-refractivity contribution in [2.45, 2.75) is 26.2 Å². The lowest BCUT2D eigenvalue weighted by Gasteiger charge is -1.98. The smallest absolute Gasteiger partial charge is 0.227 e. The molecule has 0 spiro atoms. The van der Waals surface area contributed by atoms with Gasteiger partial charge in [-0.05, 0) is 12.5 Å². The number of hydrogen-bond acceptors (Lipinski definition) is 6. The Morgan fingerprint density at radius 3 is 2.87 bits per heavy atom. The van der Waals surface area contributed by atoms with Crippen LogP contribution >= 0.6 is 11.3 Å². The van der Waals surface area contributed by atoms with E-state index in [-0.39, 0.29) is 12.3 Å². The van der Waals surface area contributed by atoms with E-state index >= 15 is 0 Å². The van der Waals surface area contributed by atoms with Gasteiger partial charge in [0.05, 0.1) is 0 Å². The van der Waals surface area contributed by atoms with E-state index < -0.39 is 0 Å². The van der Waals surface area contributed by atoms with Gasteiger partial charge in [0, 0.05) is 30.3 Å². The van der Waals surface area contributed by atoms with E-state index in [2.05, 4.69) is 20.4 Å². The molecule has 0 radical (unpaired) electrons. The van der Waals surface area contributed by atoms with Gasteiger partial charge in [-0.15, -0.1) is 11.3 Å². The van der Waals surface area contributed by atoms with Crippen molar-refractivity contribution in [3.63, 3.8) is 0 Å². The third-order valence-corrected chi connectivity index (χ3v) is 3.98. The first kappa shape index (κ1) is 15.4.